The van der Waals surface area contributed by atoms with Crippen LogP contribution in [0.1, 0.15) is 61.7 Å². The monoisotopic (exact) mass is 521 g/mol. The van der Waals surface area contributed by atoms with Gasteiger partial charge in [-0.05, 0) is 57.4 Å². The number of carbonyl (C=O) groups excluding carboxylic acids is 2. The van der Waals surface area contributed by atoms with Gasteiger partial charge in [0, 0.05) is 36.3 Å². The summed E-state index contributed by atoms with van der Waals surface area (Å²) in [6.45, 7) is 0.428. The van der Waals surface area contributed by atoms with Crippen molar-refractivity contribution < 1.29 is 32.6 Å². The summed E-state index contributed by atoms with van der Waals surface area (Å²) in [6, 6.07) is 3.02. The molecule has 3 N–H and O–H groups in total. The third-order valence-electron chi connectivity index (χ3n) is 8.09. The number of aromatic nitrogens is 3. The van der Waals surface area contributed by atoms with Crippen molar-refractivity contribution in [3.05, 3.63) is 30.2 Å². The SMILES string of the molecule is COc1cc(-c2cc(C(=O)N3CC[C@@H](C(=O)NC4CCC(O)(C(F)(F)F)CC4)CC34CC4)c[nH]2)ncn1. The normalized spacial score (nSPS) is 27.1. The molecule has 2 aromatic rings. The smallest absolute Gasteiger partial charge is 0.417 e. The lowest BCUT2D eigenvalue weighted by Gasteiger charge is -2.41. The number of H-pyrrole nitrogens is 1. The van der Waals surface area contributed by atoms with Gasteiger partial charge in [0.15, 0.2) is 5.60 Å². The zero-order valence-electron chi connectivity index (χ0n) is 20.5. The molecule has 0 bridgehead atoms. The van der Waals surface area contributed by atoms with Crippen molar-refractivity contribution in [2.75, 3.05) is 13.7 Å². The minimum atomic E-state index is -4.67. The van der Waals surface area contributed by atoms with Crippen LogP contribution in [0.4, 0.5) is 13.2 Å². The number of hydrogen-bond acceptors (Lipinski definition) is 6. The maximum absolute atomic E-state index is 13.4. The number of aliphatic hydroxyl groups is 1. The van der Waals surface area contributed by atoms with Gasteiger partial charge in [0.1, 0.15) is 6.33 Å². The van der Waals surface area contributed by atoms with Gasteiger partial charge in [-0.25, -0.2) is 9.97 Å². The Bertz CT molecular complexity index is 1170. The Morgan fingerprint density at radius 1 is 1.16 bits per heavy atom. The van der Waals surface area contributed by atoms with Crippen LogP contribution < -0.4 is 10.1 Å². The van der Waals surface area contributed by atoms with Crippen LogP contribution in [0.25, 0.3) is 11.4 Å². The largest absolute Gasteiger partial charge is 0.481 e. The average molecular weight is 522 g/mol. The number of ether oxygens (including phenoxy) is 1. The van der Waals surface area contributed by atoms with Crippen LogP contribution in [0.3, 0.4) is 0 Å². The minimum absolute atomic E-state index is 0.0816. The maximum atomic E-state index is 13.4. The van der Waals surface area contributed by atoms with Crippen molar-refractivity contribution in [2.24, 2.45) is 5.92 Å². The number of amides is 2. The molecule has 2 aliphatic carbocycles. The summed E-state index contributed by atoms with van der Waals surface area (Å²) in [6.07, 6.45) is 0.330. The summed E-state index contributed by atoms with van der Waals surface area (Å²) >= 11 is 0. The molecule has 2 saturated carbocycles. The molecule has 1 aliphatic heterocycles. The fraction of sp³-hybridized carbons (Fsp3) is 0.600. The Kier molecular flexibility index (Phi) is 6.41. The zero-order chi connectivity index (χ0) is 26.4. The first-order chi connectivity index (χ1) is 17.5. The molecular weight excluding hydrogens is 491 g/mol. The third kappa shape index (κ3) is 4.90. The Morgan fingerprint density at radius 2 is 1.89 bits per heavy atom. The predicted octanol–water partition coefficient (Wildman–Crippen LogP) is 3.22. The van der Waals surface area contributed by atoms with Crippen molar-refractivity contribution >= 4 is 11.8 Å². The lowest BCUT2D eigenvalue weighted by atomic mass is 9.81. The van der Waals surface area contributed by atoms with E-state index in [1.54, 1.807) is 18.3 Å². The number of likely N-dealkylation sites (tertiary alicyclic amines) is 1. The molecule has 1 spiro atoms. The second-order valence-corrected chi connectivity index (χ2v) is 10.4. The van der Waals surface area contributed by atoms with E-state index in [0.717, 1.165) is 12.8 Å². The van der Waals surface area contributed by atoms with Crippen LogP contribution in [0, 0.1) is 5.92 Å². The Morgan fingerprint density at radius 3 is 2.54 bits per heavy atom. The van der Waals surface area contributed by atoms with Gasteiger partial charge in [-0.2, -0.15) is 13.2 Å². The van der Waals surface area contributed by atoms with E-state index in [-0.39, 0.29) is 42.2 Å². The number of nitrogens with one attached hydrogen (secondary N) is 2. The molecule has 2 amide bonds. The van der Waals surface area contributed by atoms with Crippen molar-refractivity contribution in [1.29, 1.82) is 0 Å². The summed E-state index contributed by atoms with van der Waals surface area (Å²) in [5.74, 6) is -0.180. The van der Waals surface area contributed by atoms with Crippen molar-refractivity contribution in [1.82, 2.24) is 25.2 Å². The maximum Gasteiger partial charge on any atom is 0.417 e. The molecule has 3 heterocycles. The summed E-state index contributed by atoms with van der Waals surface area (Å²) in [5, 5.41) is 12.8. The van der Waals surface area contributed by atoms with E-state index in [4.69, 9.17) is 4.74 Å². The number of hydrogen-bond donors (Lipinski definition) is 3. The summed E-state index contributed by atoms with van der Waals surface area (Å²) < 4.78 is 44.3. The van der Waals surface area contributed by atoms with Gasteiger partial charge in [0.25, 0.3) is 5.91 Å². The standard InChI is InChI=1S/C25H30F3N5O4/c1-37-20-11-19(30-14-31-20)18-10-16(13-29-18)22(35)33-9-4-15(12-23(33)7-8-23)21(34)32-17-2-5-24(36,6-3-17)25(26,27)28/h10-11,13-15,17,29,36H,2-9,12H2,1H3,(H,32,34)/t15-,17?,24?/m1/s1. The first-order valence-electron chi connectivity index (χ1n) is 12.5. The molecule has 9 nitrogen and oxygen atoms in total. The number of alkyl halides is 3. The minimum Gasteiger partial charge on any atom is -0.481 e. The van der Waals surface area contributed by atoms with Gasteiger partial charge in [-0.3, -0.25) is 9.59 Å². The molecule has 2 aromatic heterocycles. The van der Waals surface area contributed by atoms with E-state index in [0.29, 0.717) is 42.2 Å². The number of aromatic amines is 1. The zero-order valence-corrected chi connectivity index (χ0v) is 20.5. The highest BCUT2D eigenvalue weighted by atomic mass is 19.4. The molecular formula is C25H30F3N5O4. The van der Waals surface area contributed by atoms with Gasteiger partial charge in [-0.1, -0.05) is 0 Å². The Balaban J connectivity index is 1.19. The number of piperidine rings is 1. The quantitative estimate of drug-likeness (QED) is 0.556. The summed E-state index contributed by atoms with van der Waals surface area (Å²) in [4.78, 5) is 39.5. The molecule has 0 aromatic carbocycles. The van der Waals surface area contributed by atoms with Crippen molar-refractivity contribution in [3.63, 3.8) is 0 Å². The van der Waals surface area contributed by atoms with Crippen LogP contribution in [-0.2, 0) is 4.79 Å². The lowest BCUT2D eigenvalue weighted by Crippen LogP contribution is -2.54. The fourth-order valence-electron chi connectivity index (χ4n) is 5.61. The molecule has 1 atom stereocenters. The number of rotatable bonds is 5. The molecule has 0 radical (unpaired) electrons. The Labute approximate surface area is 211 Å². The molecule has 12 heteroatoms. The predicted molar refractivity (Wildman–Crippen MR) is 125 cm³/mol. The third-order valence-corrected chi connectivity index (χ3v) is 8.09. The van der Waals surface area contributed by atoms with Crippen molar-refractivity contribution in [3.8, 4) is 17.3 Å². The van der Waals surface area contributed by atoms with E-state index in [9.17, 15) is 27.9 Å². The molecule has 3 aliphatic rings. The molecule has 5 rings (SSSR count). The van der Waals surface area contributed by atoms with Gasteiger partial charge >= 0.3 is 6.18 Å². The van der Waals surface area contributed by atoms with Gasteiger partial charge in [0.2, 0.25) is 11.8 Å². The Hall–Kier alpha value is -3.15. The highest BCUT2D eigenvalue weighted by Gasteiger charge is 2.56. The van der Waals surface area contributed by atoms with Gasteiger partial charge in [-0.15, -0.1) is 0 Å². The highest BCUT2D eigenvalue weighted by molar-refractivity contribution is 5.96. The summed E-state index contributed by atoms with van der Waals surface area (Å²) in [5.41, 5.74) is -1.28. The summed E-state index contributed by atoms with van der Waals surface area (Å²) in [7, 11) is 1.51. The molecule has 0 unspecified atom stereocenters. The van der Waals surface area contributed by atoms with Crippen LogP contribution >= 0.6 is 0 Å². The van der Waals surface area contributed by atoms with Gasteiger partial charge < -0.3 is 25.0 Å². The van der Waals surface area contributed by atoms with Crippen LogP contribution in [0.2, 0.25) is 0 Å². The van der Waals surface area contributed by atoms with E-state index in [1.165, 1.54) is 13.4 Å². The average Bonchev–Trinajstić information content (AvgIpc) is 3.45. The topological polar surface area (TPSA) is 120 Å². The van der Waals surface area contributed by atoms with Crippen LogP contribution in [0.15, 0.2) is 24.7 Å². The molecule has 37 heavy (non-hydrogen) atoms. The highest BCUT2D eigenvalue weighted by Crippen LogP contribution is 2.51. The number of carbonyl (C=O) groups is 2. The lowest BCUT2D eigenvalue weighted by molar-refractivity contribution is -0.270. The van der Waals surface area contributed by atoms with E-state index in [2.05, 4.69) is 20.3 Å². The molecule has 3 fully saturated rings. The molecule has 200 valence electrons. The molecule has 1 saturated heterocycles. The first kappa shape index (κ1) is 25.5. The van der Waals surface area contributed by atoms with E-state index >= 15 is 0 Å². The second kappa shape index (κ2) is 9.30. The number of methoxy groups -OCH3 is 1. The van der Waals surface area contributed by atoms with Crippen LogP contribution in [-0.4, -0.2) is 73.8 Å². The second-order valence-electron chi connectivity index (χ2n) is 10.4. The van der Waals surface area contributed by atoms with Crippen molar-refractivity contribution in [2.45, 2.75) is 74.7 Å². The number of nitrogens with zero attached hydrogens (tertiary/aromatic N) is 3. The fourth-order valence-corrected chi connectivity index (χ4v) is 5.61. The van der Waals surface area contributed by atoms with Gasteiger partial charge in [0.05, 0.1) is 24.1 Å². The number of halogens is 3. The van der Waals surface area contributed by atoms with E-state index in [1.807, 2.05) is 4.90 Å². The first-order valence-corrected chi connectivity index (χ1v) is 12.5. The van der Waals surface area contributed by atoms with E-state index < -0.39 is 24.6 Å². The van der Waals surface area contributed by atoms with Crippen LogP contribution in [0.5, 0.6) is 5.88 Å².